The van der Waals surface area contributed by atoms with E-state index in [1.54, 1.807) is 12.3 Å². The van der Waals surface area contributed by atoms with Crippen LogP contribution >= 0.6 is 15.9 Å². The molecule has 76 valence electrons. The first-order chi connectivity index (χ1) is 6.65. The van der Waals surface area contributed by atoms with Crippen LogP contribution in [-0.4, -0.2) is 10.8 Å². The van der Waals surface area contributed by atoms with Crippen molar-refractivity contribution in [2.75, 3.05) is 0 Å². The molecule has 0 spiro atoms. The van der Waals surface area contributed by atoms with Gasteiger partial charge in [-0.15, -0.1) is 0 Å². The largest absolute Gasteiger partial charge is 0.292 e. The van der Waals surface area contributed by atoms with Crippen LogP contribution < -0.4 is 0 Å². The number of carbonyl (C=O) groups is 1. The second-order valence-corrected chi connectivity index (χ2v) is 4.33. The summed E-state index contributed by atoms with van der Waals surface area (Å²) in [6.45, 7) is 4.04. The molecule has 2 nitrogen and oxygen atoms in total. The maximum atomic E-state index is 11.8. The number of halogens is 1. The Kier molecular flexibility index (Phi) is 4.26. The van der Waals surface area contributed by atoms with Gasteiger partial charge in [0, 0.05) is 16.6 Å². The minimum atomic E-state index is 0.0775. The second kappa shape index (κ2) is 5.25. The highest BCUT2D eigenvalue weighted by atomic mass is 79.9. The standard InChI is InChI=1S/C11H14BrNO/c1-3-4-8(2)11(14)10-6-5-9(12)7-13-10/h5-8H,3-4H2,1-2H3. The SMILES string of the molecule is CCCC(C)C(=O)c1ccc(Br)cn1. The van der Waals surface area contributed by atoms with Crippen molar-refractivity contribution in [3.8, 4) is 0 Å². The van der Waals surface area contributed by atoms with Gasteiger partial charge in [0.15, 0.2) is 5.78 Å². The first-order valence-corrected chi connectivity index (χ1v) is 5.60. The highest BCUT2D eigenvalue weighted by molar-refractivity contribution is 9.10. The first kappa shape index (κ1) is 11.4. The summed E-state index contributed by atoms with van der Waals surface area (Å²) < 4.78 is 0.900. The van der Waals surface area contributed by atoms with Crippen LogP contribution in [0.2, 0.25) is 0 Å². The van der Waals surface area contributed by atoms with Crippen LogP contribution in [0.3, 0.4) is 0 Å². The minimum Gasteiger partial charge on any atom is -0.292 e. The molecule has 0 aliphatic carbocycles. The topological polar surface area (TPSA) is 30.0 Å². The summed E-state index contributed by atoms with van der Waals surface area (Å²) in [5.41, 5.74) is 0.564. The highest BCUT2D eigenvalue weighted by Crippen LogP contribution is 2.14. The maximum absolute atomic E-state index is 11.8. The van der Waals surface area contributed by atoms with E-state index in [0.29, 0.717) is 5.69 Å². The normalized spacial score (nSPS) is 12.5. The van der Waals surface area contributed by atoms with Gasteiger partial charge in [-0.05, 0) is 34.5 Å². The molecular formula is C11H14BrNO. The third-order valence-corrected chi connectivity index (χ3v) is 2.62. The van der Waals surface area contributed by atoms with Crippen LogP contribution in [0, 0.1) is 5.92 Å². The maximum Gasteiger partial charge on any atom is 0.183 e. The molecule has 0 aliphatic rings. The molecule has 14 heavy (non-hydrogen) atoms. The average Bonchev–Trinajstić information content (AvgIpc) is 2.18. The number of carbonyl (C=O) groups excluding carboxylic acids is 1. The molecular weight excluding hydrogens is 242 g/mol. The molecule has 1 heterocycles. The van der Waals surface area contributed by atoms with Crippen molar-refractivity contribution in [2.45, 2.75) is 26.7 Å². The lowest BCUT2D eigenvalue weighted by Crippen LogP contribution is -2.12. The van der Waals surface area contributed by atoms with Gasteiger partial charge in [-0.25, -0.2) is 0 Å². The lowest BCUT2D eigenvalue weighted by atomic mass is 9.98. The highest BCUT2D eigenvalue weighted by Gasteiger charge is 2.14. The summed E-state index contributed by atoms with van der Waals surface area (Å²) in [7, 11) is 0. The molecule has 1 aromatic rings. The fourth-order valence-electron chi connectivity index (χ4n) is 1.34. The van der Waals surface area contributed by atoms with Crippen molar-refractivity contribution in [3.05, 3.63) is 28.5 Å². The van der Waals surface area contributed by atoms with Gasteiger partial charge in [0.2, 0.25) is 0 Å². The zero-order valence-electron chi connectivity index (χ0n) is 8.46. The van der Waals surface area contributed by atoms with Crippen molar-refractivity contribution in [2.24, 2.45) is 5.92 Å². The van der Waals surface area contributed by atoms with Crippen LogP contribution in [0.4, 0.5) is 0 Å². The van der Waals surface area contributed by atoms with E-state index in [4.69, 9.17) is 0 Å². The van der Waals surface area contributed by atoms with Crippen LogP contribution in [0.25, 0.3) is 0 Å². The van der Waals surface area contributed by atoms with E-state index in [1.165, 1.54) is 0 Å². The predicted molar refractivity (Wildman–Crippen MR) is 60.3 cm³/mol. The predicted octanol–water partition coefficient (Wildman–Crippen LogP) is 3.46. The van der Waals surface area contributed by atoms with Crippen molar-refractivity contribution < 1.29 is 4.79 Å². The van der Waals surface area contributed by atoms with Gasteiger partial charge in [0.25, 0.3) is 0 Å². The zero-order chi connectivity index (χ0) is 10.6. The van der Waals surface area contributed by atoms with Crippen molar-refractivity contribution in [3.63, 3.8) is 0 Å². The molecule has 1 rings (SSSR count). The van der Waals surface area contributed by atoms with Gasteiger partial charge >= 0.3 is 0 Å². The molecule has 0 aromatic carbocycles. The Labute approximate surface area is 92.9 Å². The Morgan fingerprint density at radius 3 is 2.79 bits per heavy atom. The lowest BCUT2D eigenvalue weighted by Gasteiger charge is -2.07. The van der Waals surface area contributed by atoms with E-state index in [0.717, 1.165) is 17.3 Å². The van der Waals surface area contributed by atoms with Gasteiger partial charge in [-0.2, -0.15) is 0 Å². The molecule has 0 saturated carbocycles. The molecule has 0 saturated heterocycles. The van der Waals surface area contributed by atoms with E-state index in [2.05, 4.69) is 27.8 Å². The molecule has 1 atom stereocenters. The minimum absolute atomic E-state index is 0.0775. The fraction of sp³-hybridized carbons (Fsp3) is 0.455. The number of hydrogen-bond donors (Lipinski definition) is 0. The zero-order valence-corrected chi connectivity index (χ0v) is 10.0. The molecule has 1 aromatic heterocycles. The van der Waals surface area contributed by atoms with E-state index >= 15 is 0 Å². The van der Waals surface area contributed by atoms with Crippen LogP contribution in [0.1, 0.15) is 37.2 Å². The van der Waals surface area contributed by atoms with Crippen molar-refractivity contribution in [1.82, 2.24) is 4.98 Å². The number of hydrogen-bond acceptors (Lipinski definition) is 2. The molecule has 0 aliphatic heterocycles. The Morgan fingerprint density at radius 1 is 1.57 bits per heavy atom. The summed E-state index contributed by atoms with van der Waals surface area (Å²) in [4.78, 5) is 15.9. The van der Waals surface area contributed by atoms with E-state index in [1.807, 2.05) is 13.0 Å². The molecule has 0 amide bonds. The van der Waals surface area contributed by atoms with Crippen LogP contribution in [-0.2, 0) is 0 Å². The average molecular weight is 256 g/mol. The van der Waals surface area contributed by atoms with Gasteiger partial charge in [-0.1, -0.05) is 20.3 Å². The Morgan fingerprint density at radius 2 is 2.29 bits per heavy atom. The van der Waals surface area contributed by atoms with Crippen LogP contribution in [0.5, 0.6) is 0 Å². The summed E-state index contributed by atoms with van der Waals surface area (Å²) in [6, 6.07) is 3.61. The number of rotatable bonds is 4. The number of Topliss-reactive ketones (excluding diaryl/α,β-unsaturated/α-hetero) is 1. The van der Waals surface area contributed by atoms with Gasteiger partial charge < -0.3 is 0 Å². The Balaban J connectivity index is 2.74. The quantitative estimate of drug-likeness (QED) is 0.772. The van der Waals surface area contributed by atoms with E-state index in [-0.39, 0.29) is 11.7 Å². The first-order valence-electron chi connectivity index (χ1n) is 4.81. The smallest absolute Gasteiger partial charge is 0.183 e. The number of ketones is 1. The molecule has 0 fully saturated rings. The Bertz CT molecular complexity index is 308. The van der Waals surface area contributed by atoms with Gasteiger partial charge in [0.05, 0.1) is 0 Å². The third-order valence-electron chi connectivity index (χ3n) is 2.15. The molecule has 1 unspecified atom stereocenters. The molecule has 3 heteroatoms. The van der Waals surface area contributed by atoms with E-state index in [9.17, 15) is 4.79 Å². The summed E-state index contributed by atoms with van der Waals surface area (Å²) in [5.74, 6) is 0.216. The van der Waals surface area contributed by atoms with Gasteiger partial charge in [-0.3, -0.25) is 9.78 Å². The van der Waals surface area contributed by atoms with Crippen LogP contribution in [0.15, 0.2) is 22.8 Å². The molecule has 0 N–H and O–H groups in total. The summed E-state index contributed by atoms with van der Waals surface area (Å²) in [5, 5.41) is 0. The van der Waals surface area contributed by atoms with Crippen molar-refractivity contribution >= 4 is 21.7 Å². The number of aromatic nitrogens is 1. The van der Waals surface area contributed by atoms with Crippen molar-refractivity contribution in [1.29, 1.82) is 0 Å². The number of nitrogens with zero attached hydrogens (tertiary/aromatic N) is 1. The monoisotopic (exact) mass is 255 g/mol. The fourth-order valence-corrected chi connectivity index (χ4v) is 1.57. The third kappa shape index (κ3) is 2.91. The Hall–Kier alpha value is -0.700. The summed E-state index contributed by atoms with van der Waals surface area (Å²) in [6.07, 6.45) is 3.62. The number of pyridine rings is 1. The van der Waals surface area contributed by atoms with E-state index < -0.39 is 0 Å². The summed E-state index contributed by atoms with van der Waals surface area (Å²) >= 11 is 3.29. The molecule has 0 bridgehead atoms. The van der Waals surface area contributed by atoms with Gasteiger partial charge in [0.1, 0.15) is 5.69 Å². The second-order valence-electron chi connectivity index (χ2n) is 3.42. The molecule has 0 radical (unpaired) electrons. The lowest BCUT2D eigenvalue weighted by molar-refractivity contribution is 0.0918.